The molecule has 1 aromatic rings. The number of nitrogens with zero attached hydrogens (tertiary/aromatic N) is 1. The quantitative estimate of drug-likeness (QED) is 0.832. The number of hydrogen-bond acceptors (Lipinski definition) is 3. The lowest BCUT2D eigenvalue weighted by atomic mass is 10.2. The van der Waals surface area contributed by atoms with E-state index in [1.807, 2.05) is 6.92 Å². The van der Waals surface area contributed by atoms with Gasteiger partial charge < -0.3 is 15.5 Å². The lowest BCUT2D eigenvalue weighted by molar-refractivity contribution is -0.115. The molecule has 1 aromatic carbocycles. The van der Waals surface area contributed by atoms with Gasteiger partial charge in [-0.05, 0) is 31.5 Å². The monoisotopic (exact) mass is 277 g/mol. The smallest absolute Gasteiger partial charge is 0.253 e. The predicted octanol–water partition coefficient (Wildman–Crippen LogP) is 1.71. The lowest BCUT2D eigenvalue weighted by Crippen LogP contribution is -2.34. The molecule has 0 aliphatic rings. The summed E-state index contributed by atoms with van der Waals surface area (Å²) >= 11 is 0. The molecule has 2 amide bonds. The van der Waals surface area contributed by atoms with Crippen LogP contribution in [0.4, 0.5) is 5.69 Å². The zero-order valence-electron chi connectivity index (χ0n) is 12.6. The standard InChI is InChI=1S/C15H23N3O2/c1-5-11(2)16-10-14(19)17-13-8-6-7-12(9-13)15(20)18(3)4/h6-9,11,16H,5,10H2,1-4H3,(H,17,19). The lowest BCUT2D eigenvalue weighted by Gasteiger charge is -2.13. The summed E-state index contributed by atoms with van der Waals surface area (Å²) < 4.78 is 0. The van der Waals surface area contributed by atoms with Crippen molar-refractivity contribution in [3.63, 3.8) is 0 Å². The third kappa shape index (κ3) is 5.01. The largest absolute Gasteiger partial charge is 0.345 e. The Hall–Kier alpha value is -1.88. The summed E-state index contributed by atoms with van der Waals surface area (Å²) in [5.74, 6) is -0.196. The van der Waals surface area contributed by atoms with Crippen molar-refractivity contribution in [3.05, 3.63) is 29.8 Å². The molecule has 0 aromatic heterocycles. The van der Waals surface area contributed by atoms with Gasteiger partial charge in [0.25, 0.3) is 5.91 Å². The molecule has 1 rings (SSSR count). The van der Waals surface area contributed by atoms with Crippen molar-refractivity contribution in [3.8, 4) is 0 Å². The van der Waals surface area contributed by atoms with Gasteiger partial charge in [-0.3, -0.25) is 9.59 Å². The SMILES string of the molecule is CCC(C)NCC(=O)Nc1cccc(C(=O)N(C)C)c1. The first-order chi connectivity index (χ1) is 9.43. The Bertz CT molecular complexity index is 472. The fraction of sp³-hybridized carbons (Fsp3) is 0.467. The Balaban J connectivity index is 2.62. The summed E-state index contributed by atoms with van der Waals surface area (Å²) in [6, 6.07) is 7.25. The van der Waals surface area contributed by atoms with Crippen molar-refractivity contribution in [1.82, 2.24) is 10.2 Å². The Morgan fingerprint density at radius 2 is 2.00 bits per heavy atom. The van der Waals surface area contributed by atoms with Crippen LogP contribution in [0.25, 0.3) is 0 Å². The molecular weight excluding hydrogens is 254 g/mol. The molecule has 2 N–H and O–H groups in total. The molecule has 1 unspecified atom stereocenters. The summed E-state index contributed by atoms with van der Waals surface area (Å²) in [7, 11) is 3.40. The highest BCUT2D eigenvalue weighted by Gasteiger charge is 2.09. The Morgan fingerprint density at radius 1 is 1.30 bits per heavy atom. The zero-order chi connectivity index (χ0) is 15.1. The number of amides is 2. The van der Waals surface area contributed by atoms with E-state index in [1.165, 1.54) is 4.90 Å². The van der Waals surface area contributed by atoms with E-state index in [9.17, 15) is 9.59 Å². The maximum atomic E-state index is 11.8. The number of carbonyl (C=O) groups excluding carboxylic acids is 2. The molecule has 0 fully saturated rings. The number of hydrogen-bond donors (Lipinski definition) is 2. The summed E-state index contributed by atoms with van der Waals surface area (Å²) in [5.41, 5.74) is 1.19. The van der Waals surface area contributed by atoms with E-state index in [0.29, 0.717) is 17.3 Å². The van der Waals surface area contributed by atoms with Crippen molar-refractivity contribution in [1.29, 1.82) is 0 Å². The predicted molar refractivity (Wildman–Crippen MR) is 80.8 cm³/mol. The number of rotatable bonds is 6. The van der Waals surface area contributed by atoms with Crippen molar-refractivity contribution in [2.24, 2.45) is 0 Å². The molecular formula is C15H23N3O2. The first kappa shape index (κ1) is 16.2. The van der Waals surface area contributed by atoms with Gasteiger partial charge in [0.15, 0.2) is 0 Å². The average Bonchev–Trinajstić information content (AvgIpc) is 2.44. The van der Waals surface area contributed by atoms with E-state index in [-0.39, 0.29) is 18.4 Å². The summed E-state index contributed by atoms with van der Waals surface area (Å²) in [4.78, 5) is 25.1. The minimum Gasteiger partial charge on any atom is -0.345 e. The van der Waals surface area contributed by atoms with Gasteiger partial charge in [0.2, 0.25) is 5.91 Å². The topological polar surface area (TPSA) is 61.4 Å². The van der Waals surface area contributed by atoms with Gasteiger partial charge in [0, 0.05) is 31.4 Å². The van der Waals surface area contributed by atoms with Crippen molar-refractivity contribution in [2.75, 3.05) is 26.0 Å². The number of benzene rings is 1. The number of carbonyl (C=O) groups is 2. The van der Waals surface area contributed by atoms with Gasteiger partial charge in [0.1, 0.15) is 0 Å². The molecule has 110 valence electrons. The molecule has 0 aliphatic carbocycles. The van der Waals surface area contributed by atoms with Gasteiger partial charge in [0.05, 0.1) is 6.54 Å². The first-order valence-corrected chi connectivity index (χ1v) is 6.79. The van der Waals surface area contributed by atoms with Gasteiger partial charge in [-0.15, -0.1) is 0 Å². The van der Waals surface area contributed by atoms with E-state index >= 15 is 0 Å². The van der Waals surface area contributed by atoms with E-state index in [0.717, 1.165) is 6.42 Å². The summed E-state index contributed by atoms with van der Waals surface area (Å²) in [6.07, 6.45) is 0.972. The molecule has 0 saturated carbocycles. The Morgan fingerprint density at radius 3 is 2.60 bits per heavy atom. The summed E-state index contributed by atoms with van der Waals surface area (Å²) in [6.45, 7) is 4.36. The molecule has 0 bridgehead atoms. The molecule has 0 saturated heterocycles. The van der Waals surface area contributed by atoms with Crippen molar-refractivity contribution in [2.45, 2.75) is 26.3 Å². The van der Waals surface area contributed by atoms with Crippen LogP contribution in [-0.2, 0) is 4.79 Å². The highest BCUT2D eigenvalue weighted by molar-refractivity contribution is 5.97. The third-order valence-corrected chi connectivity index (χ3v) is 3.02. The van der Waals surface area contributed by atoms with Crippen molar-refractivity contribution >= 4 is 17.5 Å². The number of anilines is 1. The molecule has 5 nitrogen and oxygen atoms in total. The van der Waals surface area contributed by atoms with Crippen LogP contribution in [0.3, 0.4) is 0 Å². The molecule has 20 heavy (non-hydrogen) atoms. The fourth-order valence-corrected chi connectivity index (χ4v) is 1.60. The zero-order valence-corrected chi connectivity index (χ0v) is 12.6. The van der Waals surface area contributed by atoms with Crippen LogP contribution in [0.15, 0.2) is 24.3 Å². The number of nitrogens with one attached hydrogen (secondary N) is 2. The molecule has 5 heteroatoms. The van der Waals surface area contributed by atoms with Crippen LogP contribution >= 0.6 is 0 Å². The minimum absolute atomic E-state index is 0.0844. The second-order valence-electron chi connectivity index (χ2n) is 5.02. The Kier molecular flexibility index (Phi) is 6.18. The molecule has 0 spiro atoms. The first-order valence-electron chi connectivity index (χ1n) is 6.79. The minimum atomic E-state index is -0.111. The van der Waals surface area contributed by atoms with Gasteiger partial charge in [-0.2, -0.15) is 0 Å². The van der Waals surface area contributed by atoms with Gasteiger partial charge in [-0.1, -0.05) is 13.0 Å². The second-order valence-corrected chi connectivity index (χ2v) is 5.02. The van der Waals surface area contributed by atoms with E-state index in [2.05, 4.69) is 17.6 Å². The molecule has 0 aliphatic heterocycles. The van der Waals surface area contributed by atoms with Gasteiger partial charge >= 0.3 is 0 Å². The van der Waals surface area contributed by atoms with Crippen LogP contribution in [0.2, 0.25) is 0 Å². The van der Waals surface area contributed by atoms with Gasteiger partial charge in [-0.25, -0.2) is 0 Å². The van der Waals surface area contributed by atoms with E-state index in [1.54, 1.807) is 38.4 Å². The third-order valence-electron chi connectivity index (χ3n) is 3.02. The maximum Gasteiger partial charge on any atom is 0.253 e. The average molecular weight is 277 g/mol. The van der Waals surface area contributed by atoms with Crippen LogP contribution in [0, 0.1) is 0 Å². The molecule has 0 radical (unpaired) electrons. The van der Waals surface area contributed by atoms with Crippen LogP contribution in [0.1, 0.15) is 30.6 Å². The fourth-order valence-electron chi connectivity index (χ4n) is 1.60. The van der Waals surface area contributed by atoms with E-state index in [4.69, 9.17) is 0 Å². The molecule has 0 heterocycles. The van der Waals surface area contributed by atoms with Crippen molar-refractivity contribution < 1.29 is 9.59 Å². The van der Waals surface area contributed by atoms with E-state index < -0.39 is 0 Å². The summed E-state index contributed by atoms with van der Waals surface area (Å²) in [5, 5.41) is 5.90. The Labute approximate surface area is 120 Å². The maximum absolute atomic E-state index is 11.8. The normalized spacial score (nSPS) is 11.8. The highest BCUT2D eigenvalue weighted by Crippen LogP contribution is 2.11. The molecule has 1 atom stereocenters. The highest BCUT2D eigenvalue weighted by atomic mass is 16.2. The van der Waals surface area contributed by atoms with Crippen LogP contribution in [0.5, 0.6) is 0 Å². The van der Waals surface area contributed by atoms with Crippen LogP contribution in [-0.4, -0.2) is 43.4 Å². The van der Waals surface area contributed by atoms with Crippen LogP contribution < -0.4 is 10.6 Å². The second kappa shape index (κ2) is 7.65.